The lowest BCUT2D eigenvalue weighted by atomic mass is 10.0. The van der Waals surface area contributed by atoms with Gasteiger partial charge in [0.25, 0.3) is 5.91 Å². The maximum atomic E-state index is 14.1. The minimum absolute atomic E-state index is 0.150. The predicted molar refractivity (Wildman–Crippen MR) is 170 cm³/mol. The summed E-state index contributed by atoms with van der Waals surface area (Å²) in [5.74, 6) is 2.03. The first-order chi connectivity index (χ1) is 22.0. The van der Waals surface area contributed by atoms with Gasteiger partial charge in [-0.05, 0) is 32.7 Å². The summed E-state index contributed by atoms with van der Waals surface area (Å²) in [5, 5.41) is 14.6. The largest absolute Gasteiger partial charge is 0.448 e. The molecule has 45 heavy (non-hydrogen) atoms. The molecule has 1 N–H and O–H groups in total. The SMILES string of the molecule is C#CCn1nnnc1SCC1=C(C(=O)OC(c2ccccc2)c2ccccc2)N2C(=O)C(NC(=O)Cc3ccccc3)[C@@H]2SC1. The summed E-state index contributed by atoms with van der Waals surface area (Å²) in [4.78, 5) is 42.1. The van der Waals surface area contributed by atoms with Gasteiger partial charge in [0.05, 0.1) is 6.42 Å². The Morgan fingerprint density at radius 2 is 1.67 bits per heavy atom. The van der Waals surface area contributed by atoms with Gasteiger partial charge in [0.1, 0.15) is 23.7 Å². The van der Waals surface area contributed by atoms with Crippen LogP contribution in [0, 0.1) is 12.3 Å². The summed E-state index contributed by atoms with van der Waals surface area (Å²) >= 11 is 2.81. The Morgan fingerprint density at radius 1 is 1.02 bits per heavy atom. The third kappa shape index (κ3) is 6.64. The first-order valence-corrected chi connectivity index (χ1v) is 16.2. The highest BCUT2D eigenvalue weighted by Gasteiger charge is 2.54. The van der Waals surface area contributed by atoms with Gasteiger partial charge >= 0.3 is 5.97 Å². The number of tetrazole rings is 1. The van der Waals surface area contributed by atoms with Crippen molar-refractivity contribution in [2.75, 3.05) is 11.5 Å². The standard InChI is InChI=1S/C33H28N6O4S2/c1-2-18-38-33(35-36-37-38)45-21-25-20-44-31-27(34-26(40)19-22-12-6-3-7-13-22)30(41)39(31)28(25)32(42)43-29(23-14-8-4-9-15-23)24-16-10-5-11-17-24/h1,3-17,27,29,31H,18-21H2,(H,34,40)/t27?,31-/m0/s1. The molecule has 2 amide bonds. The smallest absolute Gasteiger partial charge is 0.356 e. The Morgan fingerprint density at radius 3 is 2.31 bits per heavy atom. The van der Waals surface area contributed by atoms with Gasteiger partial charge in [0.2, 0.25) is 11.1 Å². The molecule has 0 radical (unpaired) electrons. The van der Waals surface area contributed by atoms with Crippen LogP contribution >= 0.6 is 23.5 Å². The maximum Gasteiger partial charge on any atom is 0.356 e. The third-order valence-corrected chi connectivity index (χ3v) is 9.69. The molecule has 1 unspecified atom stereocenters. The summed E-state index contributed by atoms with van der Waals surface area (Å²) in [6.45, 7) is 0.199. The van der Waals surface area contributed by atoms with Crippen LogP contribution in [-0.4, -0.2) is 65.8 Å². The Kier molecular flexibility index (Phi) is 9.28. The monoisotopic (exact) mass is 636 g/mol. The topological polar surface area (TPSA) is 119 Å². The number of hydrogen-bond donors (Lipinski definition) is 1. The highest BCUT2D eigenvalue weighted by molar-refractivity contribution is 8.01. The Hall–Kier alpha value is -4.86. The number of nitrogens with zero attached hydrogens (tertiary/aromatic N) is 5. The molecule has 2 aliphatic rings. The van der Waals surface area contributed by atoms with E-state index in [1.165, 1.54) is 33.1 Å². The van der Waals surface area contributed by atoms with Crippen molar-refractivity contribution in [3.63, 3.8) is 0 Å². The number of ether oxygens (including phenoxy) is 1. The predicted octanol–water partition coefficient (Wildman–Crippen LogP) is 3.63. The number of aromatic nitrogens is 4. The van der Waals surface area contributed by atoms with Gasteiger partial charge in [-0.2, -0.15) is 0 Å². The average Bonchev–Trinajstić information content (AvgIpc) is 3.52. The zero-order valence-corrected chi connectivity index (χ0v) is 25.6. The van der Waals surface area contributed by atoms with Crippen LogP contribution < -0.4 is 5.32 Å². The number of carbonyl (C=O) groups excluding carboxylic acids is 3. The zero-order chi connectivity index (χ0) is 31.2. The lowest BCUT2D eigenvalue weighted by molar-refractivity contribution is -0.154. The van der Waals surface area contributed by atoms with Crippen LogP contribution in [0.25, 0.3) is 0 Å². The van der Waals surface area contributed by atoms with Gasteiger partial charge in [-0.25, -0.2) is 9.48 Å². The Labute approximate surface area is 268 Å². The van der Waals surface area contributed by atoms with E-state index in [1.54, 1.807) is 0 Å². The molecule has 0 saturated carbocycles. The van der Waals surface area contributed by atoms with Crippen molar-refractivity contribution in [3.8, 4) is 12.3 Å². The molecule has 1 saturated heterocycles. The summed E-state index contributed by atoms with van der Waals surface area (Å²) in [6, 6.07) is 27.5. The third-order valence-electron chi connectivity index (χ3n) is 7.31. The van der Waals surface area contributed by atoms with Crippen molar-refractivity contribution in [2.45, 2.75) is 35.6 Å². The summed E-state index contributed by atoms with van der Waals surface area (Å²) in [7, 11) is 0. The molecule has 12 heteroatoms. The highest BCUT2D eigenvalue weighted by atomic mass is 32.2. The number of rotatable bonds is 11. The molecule has 3 heterocycles. The number of terminal acetylenes is 1. The molecular weight excluding hydrogens is 609 g/mol. The number of benzene rings is 3. The lowest BCUT2D eigenvalue weighted by Crippen LogP contribution is -2.70. The van der Waals surface area contributed by atoms with E-state index in [0.717, 1.165) is 16.7 Å². The molecule has 0 bridgehead atoms. The van der Waals surface area contributed by atoms with Crippen molar-refractivity contribution in [1.82, 2.24) is 30.4 Å². The van der Waals surface area contributed by atoms with Crippen LogP contribution in [0.4, 0.5) is 0 Å². The van der Waals surface area contributed by atoms with Crippen LogP contribution in [0.1, 0.15) is 22.8 Å². The van der Waals surface area contributed by atoms with Gasteiger partial charge in [-0.1, -0.05) is 109 Å². The Bertz CT molecular complexity index is 1720. The van der Waals surface area contributed by atoms with Gasteiger partial charge in [-0.3, -0.25) is 14.5 Å². The number of carbonyl (C=O) groups is 3. The lowest BCUT2D eigenvalue weighted by Gasteiger charge is -2.49. The fourth-order valence-corrected chi connectivity index (χ4v) is 7.53. The second-order valence-corrected chi connectivity index (χ2v) is 12.3. The first-order valence-electron chi connectivity index (χ1n) is 14.2. The van der Waals surface area contributed by atoms with E-state index in [0.29, 0.717) is 22.2 Å². The number of hydrogen-bond acceptors (Lipinski definition) is 9. The van der Waals surface area contributed by atoms with Crippen molar-refractivity contribution >= 4 is 41.3 Å². The van der Waals surface area contributed by atoms with E-state index in [-0.39, 0.29) is 30.5 Å². The second-order valence-electron chi connectivity index (χ2n) is 10.3. The average molecular weight is 637 g/mol. The maximum absolute atomic E-state index is 14.1. The Balaban J connectivity index is 1.27. The van der Waals surface area contributed by atoms with Gasteiger partial charge < -0.3 is 10.1 Å². The van der Waals surface area contributed by atoms with Gasteiger partial charge in [0, 0.05) is 11.5 Å². The number of nitrogens with one attached hydrogen (secondary N) is 1. The van der Waals surface area contributed by atoms with E-state index in [1.807, 2.05) is 91.0 Å². The molecule has 0 aliphatic carbocycles. The first kappa shape index (κ1) is 30.2. The number of fused-ring (bicyclic) bond motifs is 1. The van der Waals surface area contributed by atoms with Crippen LogP contribution in [0.15, 0.2) is 107 Å². The van der Waals surface area contributed by atoms with Crippen LogP contribution in [0.2, 0.25) is 0 Å². The number of esters is 1. The van der Waals surface area contributed by atoms with E-state index in [4.69, 9.17) is 11.2 Å². The van der Waals surface area contributed by atoms with Crippen molar-refractivity contribution in [2.24, 2.45) is 0 Å². The van der Waals surface area contributed by atoms with Gasteiger partial charge in [0.15, 0.2) is 6.10 Å². The zero-order valence-electron chi connectivity index (χ0n) is 24.0. The molecule has 3 aromatic carbocycles. The summed E-state index contributed by atoms with van der Waals surface area (Å²) in [6.07, 6.45) is 4.91. The summed E-state index contributed by atoms with van der Waals surface area (Å²) < 4.78 is 7.72. The van der Waals surface area contributed by atoms with E-state index < -0.39 is 23.5 Å². The molecule has 6 rings (SSSR count). The van der Waals surface area contributed by atoms with Crippen LogP contribution in [-0.2, 0) is 32.1 Å². The van der Waals surface area contributed by atoms with Gasteiger partial charge in [-0.15, -0.1) is 23.3 Å². The second kappa shape index (κ2) is 13.8. The number of thioether (sulfide) groups is 2. The molecule has 0 spiro atoms. The molecule has 1 aromatic heterocycles. The van der Waals surface area contributed by atoms with Crippen molar-refractivity contribution in [3.05, 3.63) is 119 Å². The van der Waals surface area contributed by atoms with E-state index in [9.17, 15) is 14.4 Å². The molecule has 4 aromatic rings. The minimum atomic E-state index is -0.759. The molecule has 1 fully saturated rings. The highest BCUT2D eigenvalue weighted by Crippen LogP contribution is 2.42. The normalized spacial score (nSPS) is 17.3. The molecular formula is C33H28N6O4S2. The minimum Gasteiger partial charge on any atom is -0.448 e. The molecule has 2 aliphatic heterocycles. The fraction of sp³-hybridized carbons (Fsp3) is 0.212. The van der Waals surface area contributed by atoms with Crippen LogP contribution in [0.3, 0.4) is 0 Å². The quantitative estimate of drug-likeness (QED) is 0.114. The van der Waals surface area contributed by atoms with E-state index in [2.05, 4.69) is 26.8 Å². The number of β-lactam (4-membered cyclic amide) rings is 1. The number of amides is 2. The van der Waals surface area contributed by atoms with Crippen molar-refractivity contribution in [1.29, 1.82) is 0 Å². The van der Waals surface area contributed by atoms with E-state index >= 15 is 0 Å². The molecule has 2 atom stereocenters. The van der Waals surface area contributed by atoms with Crippen LogP contribution in [0.5, 0.6) is 0 Å². The molecule has 10 nitrogen and oxygen atoms in total. The molecule has 226 valence electrons. The summed E-state index contributed by atoms with van der Waals surface area (Å²) in [5.41, 5.74) is 3.31. The van der Waals surface area contributed by atoms with Crippen molar-refractivity contribution < 1.29 is 19.1 Å². The fourth-order valence-electron chi connectivity index (χ4n) is 5.17.